The van der Waals surface area contributed by atoms with Crippen LogP contribution in [0.4, 0.5) is 0 Å². The summed E-state index contributed by atoms with van der Waals surface area (Å²) in [6.07, 6.45) is 6.28. The number of carbonyl (C=O) groups is 1. The van der Waals surface area contributed by atoms with Gasteiger partial charge in [0, 0.05) is 24.8 Å². The van der Waals surface area contributed by atoms with E-state index in [-0.39, 0.29) is 29.6 Å². The van der Waals surface area contributed by atoms with Gasteiger partial charge in [-0.1, -0.05) is 29.8 Å². The summed E-state index contributed by atoms with van der Waals surface area (Å²) in [6, 6.07) is 5.37. The number of nitrogens with zero attached hydrogens (tertiary/aromatic N) is 2. The zero-order valence-electron chi connectivity index (χ0n) is 10.7. The van der Waals surface area contributed by atoms with Crippen LogP contribution in [0.5, 0.6) is 0 Å². The number of amides is 1. The van der Waals surface area contributed by atoms with Gasteiger partial charge < -0.3 is 10.4 Å². The number of aliphatic hydroxyl groups excluding tert-OH is 1. The van der Waals surface area contributed by atoms with Gasteiger partial charge in [0.15, 0.2) is 10.8 Å². The minimum atomic E-state index is -0.262. The van der Waals surface area contributed by atoms with Gasteiger partial charge in [-0.2, -0.15) is 0 Å². The Morgan fingerprint density at radius 2 is 2.35 bits per heavy atom. The maximum absolute atomic E-state index is 12.3. The van der Waals surface area contributed by atoms with Crippen LogP contribution in [0.3, 0.4) is 0 Å². The standard InChI is InChI=1S/C14H14ClN3O2/c15-13-12(18-6-2-1-3-11(18)17-13)14(20)16-10-5-4-9(7-10)8-19/h1-6,9-10,19H,7-8H2,(H,16,20)/t9-,10+/m0/s1. The monoisotopic (exact) mass is 291 g/mol. The minimum Gasteiger partial charge on any atom is -0.396 e. The van der Waals surface area contributed by atoms with Crippen molar-refractivity contribution in [3.05, 3.63) is 47.4 Å². The van der Waals surface area contributed by atoms with E-state index >= 15 is 0 Å². The number of hydrogen-bond donors (Lipinski definition) is 2. The third-order valence-corrected chi connectivity index (χ3v) is 3.69. The summed E-state index contributed by atoms with van der Waals surface area (Å²) in [6.45, 7) is 0.0965. The number of halogens is 1. The summed E-state index contributed by atoms with van der Waals surface area (Å²) in [5.41, 5.74) is 0.973. The fourth-order valence-corrected chi connectivity index (χ4v) is 2.69. The van der Waals surface area contributed by atoms with Crippen LogP contribution in [-0.4, -0.2) is 33.0 Å². The van der Waals surface area contributed by atoms with Gasteiger partial charge in [-0.15, -0.1) is 0 Å². The largest absolute Gasteiger partial charge is 0.396 e. The van der Waals surface area contributed by atoms with Crippen molar-refractivity contribution >= 4 is 23.2 Å². The molecule has 2 atom stereocenters. The number of fused-ring (bicyclic) bond motifs is 1. The average Bonchev–Trinajstić information content (AvgIpc) is 3.01. The Kier molecular flexibility index (Phi) is 3.46. The van der Waals surface area contributed by atoms with E-state index in [0.29, 0.717) is 17.8 Å². The molecule has 0 radical (unpaired) electrons. The molecule has 0 saturated carbocycles. The van der Waals surface area contributed by atoms with Crippen LogP contribution in [0, 0.1) is 5.92 Å². The average molecular weight is 292 g/mol. The van der Waals surface area contributed by atoms with Crippen LogP contribution >= 0.6 is 11.6 Å². The Hall–Kier alpha value is -1.85. The molecule has 2 N–H and O–H groups in total. The highest BCUT2D eigenvalue weighted by Crippen LogP contribution is 2.20. The first-order valence-electron chi connectivity index (χ1n) is 6.41. The molecule has 5 nitrogen and oxygen atoms in total. The highest BCUT2D eigenvalue weighted by molar-refractivity contribution is 6.32. The Balaban J connectivity index is 1.83. The van der Waals surface area contributed by atoms with Crippen molar-refractivity contribution in [2.75, 3.05) is 6.61 Å². The molecular weight excluding hydrogens is 278 g/mol. The van der Waals surface area contributed by atoms with Gasteiger partial charge in [-0.05, 0) is 18.6 Å². The van der Waals surface area contributed by atoms with Crippen LogP contribution < -0.4 is 5.32 Å². The van der Waals surface area contributed by atoms with Crippen LogP contribution in [-0.2, 0) is 0 Å². The number of aliphatic hydroxyl groups is 1. The predicted molar refractivity (Wildman–Crippen MR) is 75.8 cm³/mol. The zero-order valence-corrected chi connectivity index (χ0v) is 11.4. The van der Waals surface area contributed by atoms with E-state index in [2.05, 4.69) is 10.3 Å². The minimum absolute atomic E-state index is 0.0787. The summed E-state index contributed by atoms with van der Waals surface area (Å²) in [5, 5.41) is 12.2. The second-order valence-corrected chi connectivity index (χ2v) is 5.18. The number of rotatable bonds is 3. The highest BCUT2D eigenvalue weighted by Gasteiger charge is 2.23. The van der Waals surface area contributed by atoms with E-state index in [9.17, 15) is 4.79 Å². The lowest BCUT2D eigenvalue weighted by Crippen LogP contribution is -2.33. The molecule has 1 aliphatic rings. The first kappa shape index (κ1) is 13.1. The van der Waals surface area contributed by atoms with E-state index in [1.807, 2.05) is 24.3 Å². The van der Waals surface area contributed by atoms with Gasteiger partial charge in [-0.25, -0.2) is 4.98 Å². The number of pyridine rings is 1. The van der Waals surface area contributed by atoms with Crippen molar-refractivity contribution in [2.24, 2.45) is 5.92 Å². The quantitative estimate of drug-likeness (QED) is 0.845. The normalized spacial score (nSPS) is 21.5. The fourth-order valence-electron chi connectivity index (χ4n) is 2.42. The molecule has 104 valence electrons. The molecule has 1 amide bonds. The van der Waals surface area contributed by atoms with E-state index in [0.717, 1.165) is 0 Å². The molecule has 0 spiro atoms. The van der Waals surface area contributed by atoms with Crippen molar-refractivity contribution < 1.29 is 9.90 Å². The second kappa shape index (κ2) is 5.26. The molecule has 2 aromatic heterocycles. The van der Waals surface area contributed by atoms with Crippen molar-refractivity contribution in [3.8, 4) is 0 Å². The Morgan fingerprint density at radius 1 is 1.50 bits per heavy atom. The molecule has 20 heavy (non-hydrogen) atoms. The third-order valence-electron chi connectivity index (χ3n) is 3.43. The van der Waals surface area contributed by atoms with Crippen LogP contribution in [0.15, 0.2) is 36.5 Å². The molecule has 2 aromatic rings. The molecule has 3 rings (SSSR count). The Bertz CT molecular complexity index is 680. The lowest BCUT2D eigenvalue weighted by Gasteiger charge is -2.12. The fraction of sp³-hybridized carbons (Fsp3) is 0.286. The van der Waals surface area contributed by atoms with Crippen molar-refractivity contribution in [1.29, 1.82) is 0 Å². The molecular formula is C14H14ClN3O2. The molecule has 0 fully saturated rings. The summed E-state index contributed by atoms with van der Waals surface area (Å²) in [4.78, 5) is 16.5. The number of nitrogens with one attached hydrogen (secondary N) is 1. The number of aromatic nitrogens is 2. The summed E-state index contributed by atoms with van der Waals surface area (Å²) in [7, 11) is 0. The maximum atomic E-state index is 12.3. The van der Waals surface area contributed by atoms with Gasteiger partial charge in [-0.3, -0.25) is 9.20 Å². The molecule has 0 aliphatic heterocycles. The number of hydrogen-bond acceptors (Lipinski definition) is 3. The van der Waals surface area contributed by atoms with E-state index in [1.165, 1.54) is 0 Å². The molecule has 0 bridgehead atoms. The first-order valence-corrected chi connectivity index (χ1v) is 6.79. The lowest BCUT2D eigenvalue weighted by atomic mass is 10.1. The zero-order chi connectivity index (χ0) is 14.1. The van der Waals surface area contributed by atoms with E-state index in [4.69, 9.17) is 16.7 Å². The van der Waals surface area contributed by atoms with E-state index < -0.39 is 0 Å². The van der Waals surface area contributed by atoms with Crippen LogP contribution in [0.25, 0.3) is 5.65 Å². The highest BCUT2D eigenvalue weighted by atomic mass is 35.5. The SMILES string of the molecule is O=C(N[C@@H]1C=C[C@H](CO)C1)c1c(Cl)nc2ccccn12. The number of carbonyl (C=O) groups excluding carboxylic acids is 1. The van der Waals surface area contributed by atoms with Crippen LogP contribution in [0.1, 0.15) is 16.9 Å². The topological polar surface area (TPSA) is 66.6 Å². The Labute approximate surface area is 120 Å². The van der Waals surface area contributed by atoms with Gasteiger partial charge in [0.25, 0.3) is 5.91 Å². The third kappa shape index (κ3) is 2.30. The molecule has 0 aromatic carbocycles. The lowest BCUT2D eigenvalue weighted by molar-refractivity contribution is 0.0935. The Morgan fingerprint density at radius 3 is 3.10 bits per heavy atom. The molecule has 6 heteroatoms. The molecule has 0 saturated heterocycles. The number of imidazole rings is 1. The van der Waals surface area contributed by atoms with Crippen molar-refractivity contribution in [1.82, 2.24) is 14.7 Å². The molecule has 0 unspecified atom stereocenters. The summed E-state index contributed by atoms with van der Waals surface area (Å²) >= 11 is 6.05. The molecule has 2 heterocycles. The van der Waals surface area contributed by atoms with Crippen LogP contribution in [0.2, 0.25) is 5.15 Å². The van der Waals surface area contributed by atoms with Crippen molar-refractivity contribution in [3.63, 3.8) is 0 Å². The van der Waals surface area contributed by atoms with Gasteiger partial charge in [0.1, 0.15) is 5.65 Å². The maximum Gasteiger partial charge on any atom is 0.271 e. The molecule has 1 aliphatic carbocycles. The van der Waals surface area contributed by atoms with Gasteiger partial charge in [0.2, 0.25) is 0 Å². The smallest absolute Gasteiger partial charge is 0.271 e. The first-order chi connectivity index (χ1) is 9.69. The van der Waals surface area contributed by atoms with Crippen molar-refractivity contribution in [2.45, 2.75) is 12.5 Å². The second-order valence-electron chi connectivity index (χ2n) is 4.82. The predicted octanol–water partition coefficient (Wildman–Crippen LogP) is 1.65. The van der Waals surface area contributed by atoms with E-state index in [1.54, 1.807) is 16.7 Å². The van der Waals surface area contributed by atoms with Gasteiger partial charge >= 0.3 is 0 Å². The summed E-state index contributed by atoms with van der Waals surface area (Å²) in [5.74, 6) is -0.153. The summed E-state index contributed by atoms with van der Waals surface area (Å²) < 4.78 is 1.67. The van der Waals surface area contributed by atoms with Gasteiger partial charge in [0.05, 0.1) is 0 Å².